The normalized spacial score (nSPS) is 16.4. The number of halogens is 1. The second kappa shape index (κ2) is 9.27. The second-order valence-electron chi connectivity index (χ2n) is 7.69. The first-order chi connectivity index (χ1) is 15.0. The van der Waals surface area contributed by atoms with Crippen LogP contribution in [0.1, 0.15) is 18.4 Å². The lowest BCUT2D eigenvalue weighted by molar-refractivity contribution is -0.122. The van der Waals surface area contributed by atoms with E-state index < -0.39 is 0 Å². The van der Waals surface area contributed by atoms with Gasteiger partial charge in [-0.2, -0.15) is 0 Å². The summed E-state index contributed by atoms with van der Waals surface area (Å²) in [5.41, 5.74) is 8.88. The van der Waals surface area contributed by atoms with E-state index in [1.165, 1.54) is 6.08 Å². The fourth-order valence-electron chi connectivity index (χ4n) is 3.88. The Morgan fingerprint density at radius 2 is 1.94 bits per heavy atom. The molecular weight excluding hydrogens is 414 g/mol. The van der Waals surface area contributed by atoms with Gasteiger partial charge in [-0.1, -0.05) is 29.8 Å². The minimum atomic E-state index is -0.239. The van der Waals surface area contributed by atoms with Gasteiger partial charge < -0.3 is 20.7 Å². The monoisotopic (exact) mass is 437 g/mol. The number of amides is 2. The Morgan fingerprint density at radius 1 is 1.16 bits per heavy atom. The van der Waals surface area contributed by atoms with Crippen molar-refractivity contribution in [2.45, 2.75) is 12.8 Å². The molecule has 0 saturated carbocycles. The summed E-state index contributed by atoms with van der Waals surface area (Å²) in [5, 5.41) is 3.60. The topological polar surface area (TPSA) is 84.7 Å². The van der Waals surface area contributed by atoms with Gasteiger partial charge in [0.15, 0.2) is 0 Å². The maximum absolute atomic E-state index is 12.6. The SMILES string of the molecule is NC(=O)C1CCN(c2ccccc2NC(=O)/C=C/C2=Cc3cc(Cl)ccc3OC2)CC1. The molecule has 4 rings (SSSR count). The predicted molar refractivity (Wildman–Crippen MR) is 123 cm³/mol. The first-order valence-corrected chi connectivity index (χ1v) is 10.6. The molecule has 2 amide bonds. The number of rotatable bonds is 5. The number of anilines is 2. The van der Waals surface area contributed by atoms with Gasteiger partial charge in [-0.05, 0) is 54.8 Å². The fraction of sp³-hybridized carbons (Fsp3) is 0.250. The molecule has 0 radical (unpaired) electrons. The Bertz CT molecular complexity index is 1060. The lowest BCUT2D eigenvalue weighted by Gasteiger charge is -2.33. The summed E-state index contributed by atoms with van der Waals surface area (Å²) in [6.07, 6.45) is 6.65. The van der Waals surface area contributed by atoms with Crippen molar-refractivity contribution in [1.82, 2.24) is 0 Å². The minimum Gasteiger partial charge on any atom is -0.488 e. The summed E-state index contributed by atoms with van der Waals surface area (Å²) in [5.74, 6) is 0.238. The number of nitrogens with zero attached hydrogens (tertiary/aromatic N) is 1. The van der Waals surface area contributed by atoms with Crippen molar-refractivity contribution in [3.05, 3.63) is 70.8 Å². The smallest absolute Gasteiger partial charge is 0.248 e. The van der Waals surface area contributed by atoms with Crippen molar-refractivity contribution in [2.24, 2.45) is 11.7 Å². The van der Waals surface area contributed by atoms with Crippen molar-refractivity contribution >= 4 is 40.9 Å². The summed E-state index contributed by atoms with van der Waals surface area (Å²) in [4.78, 5) is 26.2. The Kier molecular flexibility index (Phi) is 6.28. The zero-order valence-electron chi connectivity index (χ0n) is 17.0. The Morgan fingerprint density at radius 3 is 2.71 bits per heavy atom. The number of para-hydroxylation sites is 2. The van der Waals surface area contributed by atoms with Gasteiger partial charge in [0, 0.05) is 35.7 Å². The van der Waals surface area contributed by atoms with Crippen LogP contribution in [-0.2, 0) is 9.59 Å². The minimum absolute atomic E-state index is 0.0769. The molecule has 0 bridgehead atoms. The van der Waals surface area contributed by atoms with Crippen molar-refractivity contribution in [2.75, 3.05) is 29.9 Å². The molecule has 160 valence electrons. The highest BCUT2D eigenvalue weighted by atomic mass is 35.5. The fourth-order valence-corrected chi connectivity index (χ4v) is 4.06. The number of fused-ring (bicyclic) bond motifs is 1. The third-order valence-electron chi connectivity index (χ3n) is 5.56. The Balaban J connectivity index is 1.42. The summed E-state index contributed by atoms with van der Waals surface area (Å²) in [6, 6.07) is 13.1. The van der Waals surface area contributed by atoms with Crippen LogP contribution in [0.25, 0.3) is 6.08 Å². The van der Waals surface area contributed by atoms with Gasteiger partial charge in [-0.15, -0.1) is 0 Å². The summed E-state index contributed by atoms with van der Waals surface area (Å²) >= 11 is 6.05. The van der Waals surface area contributed by atoms with Crippen LogP contribution >= 0.6 is 11.6 Å². The maximum atomic E-state index is 12.6. The van der Waals surface area contributed by atoms with E-state index in [4.69, 9.17) is 22.1 Å². The Labute approximate surface area is 186 Å². The molecule has 2 aliphatic rings. The van der Waals surface area contributed by atoms with Crippen molar-refractivity contribution in [3.63, 3.8) is 0 Å². The zero-order chi connectivity index (χ0) is 21.8. The van der Waals surface area contributed by atoms with Crippen LogP contribution < -0.4 is 20.7 Å². The summed E-state index contributed by atoms with van der Waals surface area (Å²) in [7, 11) is 0. The quantitative estimate of drug-likeness (QED) is 0.692. The standard InChI is InChI=1S/C24H24ClN3O3/c25-19-6-7-22-18(14-19)13-16(15-31-22)5-8-23(29)27-20-3-1-2-4-21(20)28-11-9-17(10-12-28)24(26)30/h1-8,13-14,17H,9-12,15H2,(H2,26,30)(H,27,29)/b8-5+. The molecule has 6 nitrogen and oxygen atoms in total. The second-order valence-corrected chi connectivity index (χ2v) is 8.13. The molecule has 0 aliphatic carbocycles. The molecule has 2 heterocycles. The molecule has 0 aromatic heterocycles. The van der Waals surface area contributed by atoms with Gasteiger partial charge in [0.2, 0.25) is 11.8 Å². The number of hydrogen-bond donors (Lipinski definition) is 2. The van der Waals surface area contributed by atoms with Gasteiger partial charge in [0.25, 0.3) is 0 Å². The van der Waals surface area contributed by atoms with Crippen LogP contribution in [0, 0.1) is 5.92 Å². The van der Waals surface area contributed by atoms with E-state index >= 15 is 0 Å². The van der Waals surface area contributed by atoms with E-state index in [2.05, 4.69) is 10.2 Å². The van der Waals surface area contributed by atoms with E-state index in [0.29, 0.717) is 11.6 Å². The molecule has 3 N–H and O–H groups in total. The predicted octanol–water partition coefficient (Wildman–Crippen LogP) is 4.01. The van der Waals surface area contributed by atoms with Gasteiger partial charge in [0.05, 0.1) is 11.4 Å². The van der Waals surface area contributed by atoms with E-state index in [9.17, 15) is 9.59 Å². The number of carbonyl (C=O) groups excluding carboxylic acids is 2. The lowest BCUT2D eigenvalue weighted by atomic mass is 9.96. The van der Waals surface area contributed by atoms with Crippen LogP contribution in [0.3, 0.4) is 0 Å². The number of hydrogen-bond acceptors (Lipinski definition) is 4. The maximum Gasteiger partial charge on any atom is 0.248 e. The van der Waals surface area contributed by atoms with Crippen molar-refractivity contribution < 1.29 is 14.3 Å². The number of nitrogens with two attached hydrogens (primary N) is 1. The molecule has 1 saturated heterocycles. The molecule has 7 heteroatoms. The van der Waals surface area contributed by atoms with Gasteiger partial charge in [0.1, 0.15) is 12.4 Å². The molecule has 0 atom stereocenters. The number of benzene rings is 2. The zero-order valence-corrected chi connectivity index (χ0v) is 17.8. The summed E-state index contributed by atoms with van der Waals surface area (Å²) < 4.78 is 5.72. The molecule has 0 spiro atoms. The highest BCUT2D eigenvalue weighted by Crippen LogP contribution is 2.31. The largest absolute Gasteiger partial charge is 0.488 e. The van der Waals surface area contributed by atoms with Gasteiger partial charge in [-0.25, -0.2) is 0 Å². The van der Waals surface area contributed by atoms with Crippen molar-refractivity contribution in [1.29, 1.82) is 0 Å². The average molecular weight is 438 g/mol. The van der Waals surface area contributed by atoms with Crippen molar-refractivity contribution in [3.8, 4) is 5.75 Å². The molecule has 2 aromatic rings. The van der Waals surface area contributed by atoms with Crippen LogP contribution in [0.4, 0.5) is 11.4 Å². The first kappa shape index (κ1) is 21.0. The van der Waals surface area contributed by atoms with E-state index in [1.54, 1.807) is 12.1 Å². The third-order valence-corrected chi connectivity index (χ3v) is 5.79. The molecular formula is C24H24ClN3O3. The molecule has 31 heavy (non-hydrogen) atoms. The molecule has 2 aromatic carbocycles. The van der Waals surface area contributed by atoms with Crippen LogP contribution in [-0.4, -0.2) is 31.5 Å². The van der Waals surface area contributed by atoms with Crippen LogP contribution in [0.2, 0.25) is 5.02 Å². The van der Waals surface area contributed by atoms with E-state index in [1.807, 2.05) is 42.5 Å². The number of piperidine rings is 1. The van der Waals surface area contributed by atoms with E-state index in [0.717, 1.165) is 54.2 Å². The van der Waals surface area contributed by atoms with Gasteiger partial charge in [-0.3, -0.25) is 9.59 Å². The number of primary amides is 1. The van der Waals surface area contributed by atoms with Crippen LogP contribution in [0.5, 0.6) is 5.75 Å². The van der Waals surface area contributed by atoms with Crippen LogP contribution in [0.15, 0.2) is 60.2 Å². The average Bonchev–Trinajstić information content (AvgIpc) is 2.78. The third kappa shape index (κ3) is 5.09. The number of ether oxygens (including phenoxy) is 1. The number of nitrogens with one attached hydrogen (secondary N) is 1. The van der Waals surface area contributed by atoms with Gasteiger partial charge >= 0.3 is 0 Å². The lowest BCUT2D eigenvalue weighted by Crippen LogP contribution is -2.38. The highest BCUT2D eigenvalue weighted by molar-refractivity contribution is 6.30. The molecule has 1 fully saturated rings. The summed E-state index contributed by atoms with van der Waals surface area (Å²) in [6.45, 7) is 1.84. The van der Waals surface area contributed by atoms with E-state index in [-0.39, 0.29) is 17.7 Å². The molecule has 2 aliphatic heterocycles. The number of carbonyl (C=O) groups is 2. The Hall–Kier alpha value is -3.25. The first-order valence-electron chi connectivity index (χ1n) is 10.2. The highest BCUT2D eigenvalue weighted by Gasteiger charge is 2.24. The molecule has 0 unspecified atom stereocenters.